The van der Waals surface area contributed by atoms with Gasteiger partial charge in [0.1, 0.15) is 23.1 Å². The summed E-state index contributed by atoms with van der Waals surface area (Å²) in [4.78, 5) is 29.1. The van der Waals surface area contributed by atoms with Crippen molar-refractivity contribution in [3.05, 3.63) is 145 Å². The number of rotatable bonds is 9. The maximum atomic E-state index is 13.1. The number of hydrogen-bond donors (Lipinski definition) is 4. The lowest BCUT2D eigenvalue weighted by molar-refractivity contribution is 0.123. The van der Waals surface area contributed by atoms with E-state index in [0.717, 1.165) is 79.0 Å². The van der Waals surface area contributed by atoms with E-state index >= 15 is 0 Å². The van der Waals surface area contributed by atoms with Crippen LogP contribution in [0.15, 0.2) is 107 Å². The maximum absolute atomic E-state index is 13.1. The lowest BCUT2D eigenvalue weighted by Gasteiger charge is -2.32. The van der Waals surface area contributed by atoms with E-state index < -0.39 is 0 Å². The normalized spacial score (nSPS) is 20.6. The van der Waals surface area contributed by atoms with Gasteiger partial charge in [0.15, 0.2) is 0 Å². The number of aromatic amines is 2. The summed E-state index contributed by atoms with van der Waals surface area (Å²) in [6, 6.07) is 25.0. The molecule has 2 atom stereocenters. The van der Waals surface area contributed by atoms with Crippen molar-refractivity contribution in [2.45, 2.75) is 75.7 Å². The summed E-state index contributed by atoms with van der Waals surface area (Å²) >= 11 is 12.7. The van der Waals surface area contributed by atoms with Gasteiger partial charge in [0.05, 0.1) is 29.4 Å². The highest BCUT2D eigenvalue weighted by molar-refractivity contribution is 6.33. The van der Waals surface area contributed by atoms with Crippen molar-refractivity contribution in [3.63, 3.8) is 0 Å². The van der Waals surface area contributed by atoms with E-state index in [4.69, 9.17) is 48.9 Å². The molecule has 2 fully saturated rings. The largest absolute Gasteiger partial charge is 0.497 e. The summed E-state index contributed by atoms with van der Waals surface area (Å²) in [5, 5.41) is 3.65. The van der Waals surface area contributed by atoms with E-state index in [2.05, 4.69) is 9.97 Å². The number of nitrogens with two attached hydrogens (primary N) is 2. The molecule has 8 rings (SSSR count). The number of H-pyrrole nitrogens is 2. The molecule has 9 nitrogen and oxygen atoms in total. The standard InChI is InChI=1S/C23H25ClN2O3.C22H22ClFN2O2/c1-28-17-6-2-14(3-7-17)22(25)15-4-8-18(9-5-15)29-21-12-16-10-11-26-23(27)19(16)13-20(21)24;23-19-12-18-15(9-10-26-22(18)27)11-20(19)28-17-7-3-14(4-8-17)21(25)13-1-5-16(24)6-2-13/h2-3,6-7,10-13,15,18,22H,4-5,8-9,25H2,1H3,(H,26,27);1-2,5-6,9-12,14,17,21H,3-4,7-8,25H2,(H,26,27). The average Bonchev–Trinajstić information content (AvgIpc) is 3.23. The number of fused-ring (bicyclic) bond motifs is 2. The minimum absolute atomic E-state index is 0.0119. The van der Waals surface area contributed by atoms with Gasteiger partial charge in [0.25, 0.3) is 11.1 Å². The third-order valence-corrected chi connectivity index (χ3v) is 12.0. The molecule has 2 unspecified atom stereocenters. The second kappa shape index (κ2) is 18.2. The topological polar surface area (TPSA) is 145 Å². The minimum atomic E-state index is -0.248. The Balaban J connectivity index is 0.000000174. The van der Waals surface area contributed by atoms with Gasteiger partial charge in [-0.25, -0.2) is 4.39 Å². The number of hydrogen-bond acceptors (Lipinski definition) is 7. The van der Waals surface area contributed by atoms with Crippen LogP contribution in [0.3, 0.4) is 0 Å². The number of halogens is 3. The monoisotopic (exact) mass is 812 g/mol. The summed E-state index contributed by atoms with van der Waals surface area (Å²) in [6.45, 7) is 0. The van der Waals surface area contributed by atoms with Crippen LogP contribution in [0.25, 0.3) is 21.5 Å². The molecule has 0 bridgehead atoms. The molecule has 2 aromatic heterocycles. The number of nitrogens with one attached hydrogen (secondary N) is 2. The molecule has 0 saturated heterocycles. The van der Waals surface area contributed by atoms with Crippen LogP contribution >= 0.6 is 23.2 Å². The molecule has 0 amide bonds. The fourth-order valence-corrected chi connectivity index (χ4v) is 8.52. The van der Waals surface area contributed by atoms with Crippen LogP contribution in [0.1, 0.15) is 74.6 Å². The molecule has 298 valence electrons. The molecule has 57 heavy (non-hydrogen) atoms. The van der Waals surface area contributed by atoms with Gasteiger partial charge in [-0.15, -0.1) is 0 Å². The SMILES string of the molecule is COc1ccc(C(N)C2CCC(Oc3cc4cc[nH]c(=O)c4cc3Cl)CC2)cc1.NC(c1ccc(F)cc1)C1CCC(Oc2cc3cc[nH]c(=O)c3cc2Cl)CC1. The molecule has 2 aliphatic rings. The molecule has 0 radical (unpaired) electrons. The van der Waals surface area contributed by atoms with Gasteiger partial charge >= 0.3 is 0 Å². The first kappa shape index (κ1) is 40.3. The maximum Gasteiger partial charge on any atom is 0.255 e. The van der Waals surface area contributed by atoms with Crippen LogP contribution in [-0.4, -0.2) is 29.3 Å². The summed E-state index contributed by atoms with van der Waals surface area (Å²) in [6.07, 6.45) is 10.9. The van der Waals surface area contributed by atoms with Crippen molar-refractivity contribution in [3.8, 4) is 17.2 Å². The molecule has 6 aromatic rings. The smallest absolute Gasteiger partial charge is 0.255 e. The molecule has 4 aromatic carbocycles. The predicted octanol–water partition coefficient (Wildman–Crippen LogP) is 9.79. The van der Waals surface area contributed by atoms with Crippen molar-refractivity contribution in [1.29, 1.82) is 0 Å². The molecule has 2 heterocycles. The molecular formula is C45H47Cl2FN4O5. The first-order valence-electron chi connectivity index (χ1n) is 19.4. The zero-order valence-corrected chi connectivity index (χ0v) is 33.2. The van der Waals surface area contributed by atoms with Crippen molar-refractivity contribution in [2.24, 2.45) is 23.3 Å². The average molecular weight is 814 g/mol. The number of ether oxygens (including phenoxy) is 3. The van der Waals surface area contributed by atoms with Crippen LogP contribution in [0, 0.1) is 17.7 Å². The van der Waals surface area contributed by atoms with Crippen LogP contribution in [0.4, 0.5) is 4.39 Å². The quantitative estimate of drug-likeness (QED) is 0.114. The number of benzene rings is 4. The molecule has 0 spiro atoms. The van der Waals surface area contributed by atoms with Crippen molar-refractivity contribution < 1.29 is 18.6 Å². The van der Waals surface area contributed by atoms with E-state index in [9.17, 15) is 14.0 Å². The van der Waals surface area contributed by atoms with E-state index in [1.165, 1.54) is 12.1 Å². The third-order valence-electron chi connectivity index (χ3n) is 11.4. The van der Waals surface area contributed by atoms with Gasteiger partial charge < -0.3 is 35.6 Å². The second-order valence-electron chi connectivity index (χ2n) is 15.0. The highest BCUT2D eigenvalue weighted by Gasteiger charge is 2.29. The van der Waals surface area contributed by atoms with E-state index in [1.807, 2.05) is 48.5 Å². The van der Waals surface area contributed by atoms with Crippen LogP contribution in [0.2, 0.25) is 10.0 Å². The third kappa shape index (κ3) is 9.64. The number of pyridine rings is 2. The van der Waals surface area contributed by atoms with Gasteiger partial charge in [-0.3, -0.25) is 9.59 Å². The van der Waals surface area contributed by atoms with E-state index in [0.29, 0.717) is 44.2 Å². The first-order valence-corrected chi connectivity index (χ1v) is 20.2. The Labute approximate surface area is 340 Å². The van der Waals surface area contributed by atoms with Gasteiger partial charge in [-0.1, -0.05) is 47.5 Å². The first-order chi connectivity index (χ1) is 27.6. The molecule has 2 aliphatic carbocycles. The summed E-state index contributed by atoms with van der Waals surface area (Å²) < 4.78 is 30.7. The summed E-state index contributed by atoms with van der Waals surface area (Å²) in [7, 11) is 1.66. The predicted molar refractivity (Wildman–Crippen MR) is 225 cm³/mol. The summed E-state index contributed by atoms with van der Waals surface area (Å²) in [5.74, 6) is 2.60. The van der Waals surface area contributed by atoms with Crippen LogP contribution in [-0.2, 0) is 0 Å². The Hall–Kier alpha value is -4.87. The van der Waals surface area contributed by atoms with Gasteiger partial charge in [0.2, 0.25) is 0 Å². The Morgan fingerprint density at radius 2 is 1.02 bits per heavy atom. The fourth-order valence-electron chi connectivity index (χ4n) is 8.10. The van der Waals surface area contributed by atoms with E-state index in [-0.39, 0.29) is 41.2 Å². The molecule has 0 aliphatic heterocycles. The highest BCUT2D eigenvalue weighted by atomic mass is 35.5. The molecule has 12 heteroatoms. The zero-order valence-electron chi connectivity index (χ0n) is 31.7. The van der Waals surface area contributed by atoms with Gasteiger partial charge in [-0.2, -0.15) is 0 Å². The van der Waals surface area contributed by atoms with Gasteiger partial charge in [-0.05, 0) is 146 Å². The van der Waals surface area contributed by atoms with Crippen LogP contribution < -0.4 is 36.8 Å². The Morgan fingerprint density at radius 3 is 1.42 bits per heavy atom. The Morgan fingerprint density at radius 1 is 0.614 bits per heavy atom. The Kier molecular flexibility index (Phi) is 12.8. The van der Waals surface area contributed by atoms with Crippen molar-refractivity contribution in [1.82, 2.24) is 9.97 Å². The molecule has 6 N–H and O–H groups in total. The number of aromatic nitrogens is 2. The number of methoxy groups -OCH3 is 1. The zero-order chi connectivity index (χ0) is 40.1. The second-order valence-corrected chi connectivity index (χ2v) is 15.9. The molecular weight excluding hydrogens is 766 g/mol. The molecule has 2 saturated carbocycles. The summed E-state index contributed by atoms with van der Waals surface area (Å²) in [5.41, 5.74) is 14.7. The lowest BCUT2D eigenvalue weighted by atomic mass is 9.80. The van der Waals surface area contributed by atoms with Crippen molar-refractivity contribution >= 4 is 44.7 Å². The van der Waals surface area contributed by atoms with Crippen molar-refractivity contribution in [2.75, 3.05) is 7.11 Å². The van der Waals surface area contributed by atoms with E-state index in [1.54, 1.807) is 43.8 Å². The van der Waals surface area contributed by atoms with Gasteiger partial charge in [0, 0.05) is 35.2 Å². The minimum Gasteiger partial charge on any atom is -0.497 e. The lowest BCUT2D eigenvalue weighted by Crippen LogP contribution is -2.30. The van der Waals surface area contributed by atoms with Crippen LogP contribution in [0.5, 0.6) is 17.2 Å². The fraction of sp³-hybridized carbons (Fsp3) is 0.333. The Bertz CT molecular complexity index is 2410. The highest BCUT2D eigenvalue weighted by Crippen LogP contribution is 2.39.